The molecule has 1 fully saturated rings. The van der Waals surface area contributed by atoms with Gasteiger partial charge in [-0.3, -0.25) is 0 Å². The van der Waals surface area contributed by atoms with Crippen LogP contribution in [-0.2, 0) is 4.79 Å². The van der Waals surface area contributed by atoms with Crippen molar-refractivity contribution in [1.82, 2.24) is 0 Å². The number of carbonyl (C=O) groups is 1. The maximum absolute atomic E-state index is 11.7. The van der Waals surface area contributed by atoms with Gasteiger partial charge >= 0.3 is 5.97 Å². The highest BCUT2D eigenvalue weighted by atomic mass is 16.4. The van der Waals surface area contributed by atoms with Gasteiger partial charge in [-0.2, -0.15) is 0 Å². The Labute approximate surface area is 186 Å². The van der Waals surface area contributed by atoms with Crippen LogP contribution >= 0.6 is 0 Å². The first-order valence-electron chi connectivity index (χ1n) is 11.0. The molecule has 1 aliphatic rings. The van der Waals surface area contributed by atoms with Crippen molar-refractivity contribution in [3.63, 3.8) is 0 Å². The third-order valence-corrected chi connectivity index (χ3v) is 6.27. The first kappa shape index (κ1) is 22.9. The van der Waals surface area contributed by atoms with Crippen molar-refractivity contribution >= 4 is 17.6 Å². The first-order chi connectivity index (χ1) is 14.5. The van der Waals surface area contributed by atoms with Gasteiger partial charge in [0.05, 0.1) is 0 Å². The van der Waals surface area contributed by atoms with Crippen molar-refractivity contribution < 1.29 is 15.0 Å². The number of hydrogen-bond acceptors (Lipinski definition) is 2. The van der Waals surface area contributed by atoms with Gasteiger partial charge in [0.1, 0.15) is 5.75 Å². The molecule has 0 saturated heterocycles. The van der Waals surface area contributed by atoms with Crippen LogP contribution in [0.4, 0.5) is 0 Å². The van der Waals surface area contributed by atoms with E-state index in [1.165, 1.54) is 11.1 Å². The second-order valence-electron chi connectivity index (χ2n) is 10.4. The molecule has 0 spiro atoms. The van der Waals surface area contributed by atoms with Crippen LogP contribution in [0.5, 0.6) is 5.75 Å². The Balaban J connectivity index is 2.03. The van der Waals surface area contributed by atoms with Crippen LogP contribution in [0, 0.1) is 10.8 Å². The average molecular weight is 419 g/mol. The van der Waals surface area contributed by atoms with Crippen LogP contribution in [-0.4, -0.2) is 16.2 Å². The smallest absolute Gasteiger partial charge is 0.332 e. The predicted octanol–water partition coefficient (Wildman–Crippen LogP) is 7.31. The summed E-state index contributed by atoms with van der Waals surface area (Å²) in [5.74, 6) is -0.616. The van der Waals surface area contributed by atoms with Gasteiger partial charge in [-0.25, -0.2) is 4.79 Å². The van der Waals surface area contributed by atoms with Gasteiger partial charge in [0.25, 0.3) is 0 Å². The van der Waals surface area contributed by atoms with Gasteiger partial charge in [-0.05, 0) is 77.0 Å². The van der Waals surface area contributed by atoms with Gasteiger partial charge in [0.15, 0.2) is 0 Å². The monoisotopic (exact) mass is 418 g/mol. The minimum Gasteiger partial charge on any atom is -0.508 e. The fourth-order valence-electron chi connectivity index (χ4n) is 4.19. The molecule has 0 radical (unpaired) electrons. The largest absolute Gasteiger partial charge is 0.508 e. The van der Waals surface area contributed by atoms with Crippen LogP contribution in [0.15, 0.2) is 59.7 Å². The number of rotatable bonds is 4. The summed E-state index contributed by atoms with van der Waals surface area (Å²) in [4.78, 5) is 11.7. The molecule has 164 valence electrons. The Morgan fingerprint density at radius 1 is 0.903 bits per heavy atom. The van der Waals surface area contributed by atoms with E-state index in [2.05, 4.69) is 26.0 Å². The Hall–Kier alpha value is -2.81. The highest BCUT2D eigenvalue weighted by Crippen LogP contribution is 2.42. The van der Waals surface area contributed by atoms with E-state index in [0.29, 0.717) is 11.0 Å². The van der Waals surface area contributed by atoms with E-state index in [-0.39, 0.29) is 5.75 Å². The molecule has 0 heterocycles. The molecule has 0 atom stereocenters. The third-order valence-electron chi connectivity index (χ3n) is 6.27. The Kier molecular flexibility index (Phi) is 6.45. The summed E-state index contributed by atoms with van der Waals surface area (Å²) >= 11 is 0. The molecule has 2 aromatic carbocycles. The molecule has 1 saturated carbocycles. The summed E-state index contributed by atoms with van der Waals surface area (Å²) < 4.78 is 0. The van der Waals surface area contributed by atoms with E-state index in [4.69, 9.17) is 0 Å². The summed E-state index contributed by atoms with van der Waals surface area (Å²) in [6, 6.07) is 15.6. The van der Waals surface area contributed by atoms with Gasteiger partial charge < -0.3 is 10.2 Å². The molecule has 2 aromatic rings. The SMILES string of the molecule is CC1(C)CCC(=C(c2ccc(O)cc2)c2ccc(C=C(C(=O)O)C(C)(C)C)cc2)CC1. The van der Waals surface area contributed by atoms with E-state index >= 15 is 0 Å². The molecule has 2 N–H and O–H groups in total. The summed E-state index contributed by atoms with van der Waals surface area (Å²) in [6.45, 7) is 10.4. The number of aromatic hydroxyl groups is 1. The average Bonchev–Trinajstić information content (AvgIpc) is 2.69. The lowest BCUT2D eigenvalue weighted by Crippen LogP contribution is -2.17. The number of carboxylic acid groups (broad SMARTS) is 1. The van der Waals surface area contributed by atoms with Crippen LogP contribution in [0.25, 0.3) is 11.6 Å². The number of phenolic OH excluding ortho intramolecular Hbond substituents is 1. The third kappa shape index (κ3) is 5.66. The number of benzene rings is 2. The summed E-state index contributed by atoms with van der Waals surface area (Å²) in [5, 5.41) is 19.3. The number of aliphatic carboxylic acids is 1. The molecular weight excluding hydrogens is 384 g/mol. The van der Waals surface area contributed by atoms with Crippen molar-refractivity contribution in [2.24, 2.45) is 10.8 Å². The maximum Gasteiger partial charge on any atom is 0.332 e. The van der Waals surface area contributed by atoms with Crippen LogP contribution in [0.3, 0.4) is 0 Å². The van der Waals surface area contributed by atoms with E-state index in [1.54, 1.807) is 18.2 Å². The lowest BCUT2D eigenvalue weighted by Gasteiger charge is -2.32. The quantitative estimate of drug-likeness (QED) is 0.512. The molecule has 3 nitrogen and oxygen atoms in total. The molecular formula is C28H34O3. The van der Waals surface area contributed by atoms with Crippen molar-refractivity contribution in [2.75, 3.05) is 0 Å². The fraction of sp³-hybridized carbons (Fsp3) is 0.393. The van der Waals surface area contributed by atoms with Gasteiger partial charge in [-0.1, -0.05) is 76.6 Å². The standard InChI is InChI=1S/C28H34O3/c1-27(2,3)24(26(30)31)18-19-6-8-20(9-7-19)25(21-10-12-23(29)13-11-21)22-14-16-28(4,5)17-15-22/h6-13,18,29H,14-17H2,1-5H3,(H,30,31). The zero-order chi connectivity index (χ0) is 22.8. The lowest BCUT2D eigenvalue weighted by atomic mass is 9.73. The zero-order valence-electron chi connectivity index (χ0n) is 19.3. The minimum atomic E-state index is -0.881. The minimum absolute atomic E-state index is 0.266. The normalized spacial score (nSPS) is 16.8. The molecule has 3 heteroatoms. The molecule has 3 rings (SSSR count). The van der Waals surface area contributed by atoms with Crippen molar-refractivity contribution in [2.45, 2.75) is 60.3 Å². The summed E-state index contributed by atoms with van der Waals surface area (Å²) in [7, 11) is 0. The van der Waals surface area contributed by atoms with Crippen molar-refractivity contribution in [3.05, 3.63) is 76.4 Å². The highest BCUT2D eigenvalue weighted by Gasteiger charge is 2.26. The fourth-order valence-corrected chi connectivity index (χ4v) is 4.19. The highest BCUT2D eigenvalue weighted by molar-refractivity contribution is 5.93. The molecule has 0 unspecified atom stereocenters. The zero-order valence-corrected chi connectivity index (χ0v) is 19.3. The summed E-state index contributed by atoms with van der Waals surface area (Å²) in [6.07, 6.45) is 6.23. The molecule has 0 aliphatic heterocycles. The van der Waals surface area contributed by atoms with Crippen LogP contribution < -0.4 is 0 Å². The van der Waals surface area contributed by atoms with Gasteiger partial charge in [0.2, 0.25) is 0 Å². The maximum atomic E-state index is 11.7. The van der Waals surface area contributed by atoms with E-state index in [0.717, 1.165) is 42.4 Å². The van der Waals surface area contributed by atoms with Crippen LogP contribution in [0.1, 0.15) is 77.0 Å². The lowest BCUT2D eigenvalue weighted by molar-refractivity contribution is -0.133. The predicted molar refractivity (Wildman–Crippen MR) is 128 cm³/mol. The van der Waals surface area contributed by atoms with Gasteiger partial charge in [-0.15, -0.1) is 0 Å². The number of allylic oxidation sites excluding steroid dienone is 1. The first-order valence-corrected chi connectivity index (χ1v) is 11.0. The molecule has 1 aliphatic carbocycles. The topological polar surface area (TPSA) is 57.5 Å². The second-order valence-corrected chi connectivity index (χ2v) is 10.4. The van der Waals surface area contributed by atoms with E-state index in [9.17, 15) is 15.0 Å². The number of phenols is 1. The number of hydrogen-bond donors (Lipinski definition) is 2. The van der Waals surface area contributed by atoms with E-state index in [1.807, 2.05) is 45.0 Å². The molecule has 0 bridgehead atoms. The Morgan fingerprint density at radius 3 is 1.84 bits per heavy atom. The second kappa shape index (κ2) is 8.74. The van der Waals surface area contributed by atoms with Crippen molar-refractivity contribution in [1.29, 1.82) is 0 Å². The molecule has 0 amide bonds. The van der Waals surface area contributed by atoms with E-state index < -0.39 is 11.4 Å². The Morgan fingerprint density at radius 2 is 1.39 bits per heavy atom. The summed E-state index contributed by atoms with van der Waals surface area (Å²) in [5.41, 5.74) is 6.15. The number of carboxylic acids is 1. The van der Waals surface area contributed by atoms with Gasteiger partial charge in [0, 0.05) is 5.57 Å². The molecule has 0 aromatic heterocycles. The Bertz CT molecular complexity index is 986. The molecule has 31 heavy (non-hydrogen) atoms. The van der Waals surface area contributed by atoms with Crippen molar-refractivity contribution in [3.8, 4) is 5.75 Å². The van der Waals surface area contributed by atoms with Crippen LogP contribution in [0.2, 0.25) is 0 Å².